The van der Waals surface area contributed by atoms with Gasteiger partial charge in [0.15, 0.2) is 20.7 Å². The third-order valence-electron chi connectivity index (χ3n) is 4.55. The van der Waals surface area contributed by atoms with Crippen molar-refractivity contribution in [1.82, 2.24) is 20.2 Å². The Morgan fingerprint density at radius 1 is 0.900 bits per heavy atom. The zero-order valence-electron chi connectivity index (χ0n) is 16.4. The molecule has 0 amide bonds. The standard InChI is InChI=1S/C21H19N5O2S2/c1-13(2)30(27,28)16-10-8-14(9-11-16)17-12-23-19(22)18(24-17)21-26-25-20(29-21)15-6-4-3-5-7-15/h3-13H,1-2H3,(H2,22,23). The highest BCUT2D eigenvalue weighted by molar-refractivity contribution is 7.92. The molecule has 0 saturated heterocycles. The first kappa shape index (κ1) is 20.1. The zero-order valence-corrected chi connectivity index (χ0v) is 18.0. The van der Waals surface area contributed by atoms with E-state index >= 15 is 0 Å². The Bertz CT molecular complexity index is 1280. The van der Waals surface area contributed by atoms with E-state index in [0.717, 1.165) is 16.1 Å². The molecule has 0 aliphatic carbocycles. The fourth-order valence-corrected chi connectivity index (χ4v) is 4.71. The van der Waals surface area contributed by atoms with Crippen LogP contribution in [0.5, 0.6) is 0 Å². The van der Waals surface area contributed by atoms with Gasteiger partial charge in [0, 0.05) is 11.1 Å². The van der Waals surface area contributed by atoms with Crippen LogP contribution in [-0.4, -0.2) is 33.8 Å². The van der Waals surface area contributed by atoms with Gasteiger partial charge in [-0.3, -0.25) is 0 Å². The Kier molecular flexibility index (Phi) is 5.31. The lowest BCUT2D eigenvalue weighted by molar-refractivity contribution is 0.587. The second-order valence-corrected chi connectivity index (χ2v) is 10.4. The van der Waals surface area contributed by atoms with Crippen LogP contribution in [0.25, 0.3) is 32.5 Å². The molecule has 7 nitrogen and oxygen atoms in total. The number of hydrogen-bond acceptors (Lipinski definition) is 8. The van der Waals surface area contributed by atoms with Crippen molar-refractivity contribution in [2.24, 2.45) is 0 Å². The maximum Gasteiger partial charge on any atom is 0.180 e. The molecular formula is C21H19N5O2S2. The van der Waals surface area contributed by atoms with Gasteiger partial charge in [0.1, 0.15) is 10.7 Å². The third kappa shape index (κ3) is 3.81. The molecule has 0 bridgehead atoms. The summed E-state index contributed by atoms with van der Waals surface area (Å²) in [5, 5.41) is 9.32. The van der Waals surface area contributed by atoms with Gasteiger partial charge in [-0.1, -0.05) is 53.8 Å². The lowest BCUT2D eigenvalue weighted by Crippen LogP contribution is -2.13. The van der Waals surface area contributed by atoms with Crippen LogP contribution in [-0.2, 0) is 9.84 Å². The molecule has 4 rings (SSSR count). The predicted octanol–water partition coefficient (Wildman–Crippen LogP) is 4.09. The molecule has 0 aliphatic heterocycles. The molecule has 0 aliphatic rings. The summed E-state index contributed by atoms with van der Waals surface area (Å²) in [5.41, 5.74) is 8.77. The maximum absolute atomic E-state index is 12.3. The SMILES string of the molecule is CC(C)S(=O)(=O)c1ccc(-c2cnc(N)c(-c3nnc(-c4ccccc4)s3)n2)cc1. The quantitative estimate of drug-likeness (QED) is 0.500. The van der Waals surface area contributed by atoms with Gasteiger partial charge in [0.25, 0.3) is 0 Å². The van der Waals surface area contributed by atoms with E-state index in [0.29, 0.717) is 16.4 Å². The first-order valence-electron chi connectivity index (χ1n) is 9.22. The molecule has 152 valence electrons. The Morgan fingerprint density at radius 2 is 1.57 bits per heavy atom. The number of nitrogens with two attached hydrogens (primary N) is 1. The molecule has 0 radical (unpaired) electrons. The normalized spacial score (nSPS) is 11.7. The van der Waals surface area contributed by atoms with Crippen molar-refractivity contribution >= 4 is 27.0 Å². The summed E-state index contributed by atoms with van der Waals surface area (Å²) in [6.45, 7) is 3.32. The van der Waals surface area contributed by atoms with Crippen LogP contribution in [0.3, 0.4) is 0 Å². The van der Waals surface area contributed by atoms with Crippen molar-refractivity contribution in [3.63, 3.8) is 0 Å². The average Bonchev–Trinajstić information content (AvgIpc) is 3.25. The largest absolute Gasteiger partial charge is 0.382 e. The molecule has 2 N–H and O–H groups in total. The fraction of sp³-hybridized carbons (Fsp3) is 0.143. The van der Waals surface area contributed by atoms with E-state index in [2.05, 4.69) is 20.2 Å². The topological polar surface area (TPSA) is 112 Å². The summed E-state index contributed by atoms with van der Waals surface area (Å²) >= 11 is 1.38. The molecule has 2 heterocycles. The number of hydrogen-bond donors (Lipinski definition) is 1. The van der Waals surface area contributed by atoms with E-state index in [4.69, 9.17) is 5.73 Å². The van der Waals surface area contributed by atoms with Crippen LogP contribution in [0.4, 0.5) is 5.82 Å². The minimum Gasteiger partial charge on any atom is -0.382 e. The van der Waals surface area contributed by atoms with Gasteiger partial charge in [-0.05, 0) is 26.0 Å². The highest BCUT2D eigenvalue weighted by atomic mass is 32.2. The Labute approximate surface area is 178 Å². The number of rotatable bonds is 5. The molecule has 0 saturated carbocycles. The van der Waals surface area contributed by atoms with Crippen molar-refractivity contribution in [2.75, 3.05) is 5.73 Å². The van der Waals surface area contributed by atoms with Gasteiger partial charge < -0.3 is 5.73 Å². The van der Waals surface area contributed by atoms with Crippen molar-refractivity contribution in [3.8, 4) is 32.5 Å². The minimum atomic E-state index is -3.33. The van der Waals surface area contributed by atoms with E-state index in [1.807, 2.05) is 30.3 Å². The summed E-state index contributed by atoms with van der Waals surface area (Å²) in [5.74, 6) is 0.258. The van der Waals surface area contributed by atoms with Crippen molar-refractivity contribution in [1.29, 1.82) is 0 Å². The van der Waals surface area contributed by atoms with Gasteiger partial charge in [0.2, 0.25) is 0 Å². The van der Waals surface area contributed by atoms with E-state index in [-0.39, 0.29) is 10.7 Å². The summed E-state index contributed by atoms with van der Waals surface area (Å²) in [7, 11) is -3.33. The molecule has 0 fully saturated rings. The van der Waals surface area contributed by atoms with Crippen LogP contribution in [0.1, 0.15) is 13.8 Å². The summed E-state index contributed by atoms with van der Waals surface area (Å²) in [6, 6.07) is 16.3. The lowest BCUT2D eigenvalue weighted by atomic mass is 10.1. The van der Waals surface area contributed by atoms with Gasteiger partial charge in [-0.2, -0.15) is 0 Å². The fourth-order valence-electron chi connectivity index (χ4n) is 2.80. The van der Waals surface area contributed by atoms with Crippen LogP contribution in [0.15, 0.2) is 65.7 Å². The molecular weight excluding hydrogens is 418 g/mol. The number of benzene rings is 2. The van der Waals surface area contributed by atoms with Gasteiger partial charge >= 0.3 is 0 Å². The summed E-state index contributed by atoms with van der Waals surface area (Å²) in [4.78, 5) is 9.15. The van der Waals surface area contributed by atoms with Crippen LogP contribution in [0.2, 0.25) is 0 Å². The maximum atomic E-state index is 12.3. The number of nitrogen functional groups attached to an aromatic ring is 1. The monoisotopic (exact) mass is 437 g/mol. The van der Waals surface area contributed by atoms with Crippen molar-refractivity contribution in [3.05, 3.63) is 60.8 Å². The average molecular weight is 438 g/mol. The molecule has 30 heavy (non-hydrogen) atoms. The van der Waals surface area contributed by atoms with Crippen LogP contribution < -0.4 is 5.73 Å². The van der Waals surface area contributed by atoms with E-state index in [1.165, 1.54) is 11.3 Å². The van der Waals surface area contributed by atoms with E-state index in [1.54, 1.807) is 44.3 Å². The van der Waals surface area contributed by atoms with Crippen molar-refractivity contribution in [2.45, 2.75) is 24.0 Å². The second-order valence-electron chi connectivity index (χ2n) is 6.89. The molecule has 0 unspecified atom stereocenters. The Balaban J connectivity index is 1.69. The summed E-state index contributed by atoms with van der Waals surface area (Å²) < 4.78 is 24.6. The lowest BCUT2D eigenvalue weighted by Gasteiger charge is -2.09. The van der Waals surface area contributed by atoms with Gasteiger partial charge in [-0.15, -0.1) is 10.2 Å². The number of sulfone groups is 1. The smallest absolute Gasteiger partial charge is 0.180 e. The van der Waals surface area contributed by atoms with Gasteiger partial charge in [-0.25, -0.2) is 18.4 Å². The van der Waals surface area contributed by atoms with Gasteiger partial charge in [0.05, 0.1) is 22.0 Å². The number of nitrogens with zero attached hydrogens (tertiary/aromatic N) is 4. The highest BCUT2D eigenvalue weighted by Gasteiger charge is 2.19. The first-order chi connectivity index (χ1) is 14.4. The highest BCUT2D eigenvalue weighted by Crippen LogP contribution is 2.32. The predicted molar refractivity (Wildman–Crippen MR) is 119 cm³/mol. The number of anilines is 1. The van der Waals surface area contributed by atoms with Crippen LogP contribution in [0, 0.1) is 0 Å². The molecule has 4 aromatic rings. The molecule has 2 aromatic carbocycles. The molecule has 0 atom stereocenters. The Morgan fingerprint density at radius 3 is 2.23 bits per heavy atom. The van der Waals surface area contributed by atoms with E-state index < -0.39 is 15.1 Å². The van der Waals surface area contributed by atoms with Crippen molar-refractivity contribution < 1.29 is 8.42 Å². The second kappa shape index (κ2) is 7.92. The Hall–Kier alpha value is -3.17. The zero-order chi connectivity index (χ0) is 21.3. The molecule has 9 heteroatoms. The number of aromatic nitrogens is 4. The van der Waals surface area contributed by atoms with Crippen LogP contribution >= 0.6 is 11.3 Å². The molecule has 0 spiro atoms. The van der Waals surface area contributed by atoms with E-state index in [9.17, 15) is 8.42 Å². The first-order valence-corrected chi connectivity index (χ1v) is 11.6. The minimum absolute atomic E-state index is 0.258. The molecule has 2 aromatic heterocycles. The third-order valence-corrected chi connectivity index (χ3v) is 7.70. The summed E-state index contributed by atoms with van der Waals surface area (Å²) in [6.07, 6.45) is 1.56.